The van der Waals surface area contributed by atoms with Crippen molar-refractivity contribution in [3.63, 3.8) is 0 Å². The minimum absolute atomic E-state index is 0.0662. The fraction of sp³-hybridized carbons (Fsp3) is 0.238. The molecule has 7 heteroatoms. The van der Waals surface area contributed by atoms with Crippen molar-refractivity contribution in [2.75, 3.05) is 0 Å². The Morgan fingerprint density at radius 3 is 2.57 bits per heavy atom. The first-order chi connectivity index (χ1) is 13.4. The first-order valence-electron chi connectivity index (χ1n) is 9.14. The summed E-state index contributed by atoms with van der Waals surface area (Å²) in [5.41, 5.74) is 5.61. The third-order valence-corrected chi connectivity index (χ3v) is 5.75. The van der Waals surface area contributed by atoms with Crippen LogP contribution in [-0.4, -0.2) is 31.5 Å². The maximum Gasteiger partial charge on any atom is 0.283 e. The maximum absolute atomic E-state index is 12.5. The molecule has 0 bridgehead atoms. The molecule has 0 spiro atoms. The largest absolute Gasteiger partial charge is 0.318 e. The van der Waals surface area contributed by atoms with Crippen LogP contribution in [0, 0.1) is 19.3 Å². The fourth-order valence-electron chi connectivity index (χ4n) is 3.46. The summed E-state index contributed by atoms with van der Waals surface area (Å²) in [6.45, 7) is 8.04. The Labute approximate surface area is 168 Å². The molecule has 2 aromatic rings. The van der Waals surface area contributed by atoms with E-state index < -0.39 is 5.91 Å². The first-order valence-corrected chi connectivity index (χ1v) is 9.95. The molecule has 2 aliphatic rings. The van der Waals surface area contributed by atoms with Crippen molar-refractivity contribution in [1.82, 2.24) is 9.58 Å². The van der Waals surface area contributed by atoms with Crippen LogP contribution >= 0.6 is 11.8 Å². The highest BCUT2D eigenvalue weighted by Crippen LogP contribution is 2.29. The molecular weight excluding hydrogens is 370 g/mol. The van der Waals surface area contributed by atoms with E-state index >= 15 is 0 Å². The van der Waals surface area contributed by atoms with Gasteiger partial charge in [-0.25, -0.2) is 0 Å². The smallest absolute Gasteiger partial charge is 0.283 e. The third kappa shape index (κ3) is 3.01. The van der Waals surface area contributed by atoms with Gasteiger partial charge < -0.3 is 4.57 Å². The summed E-state index contributed by atoms with van der Waals surface area (Å²) in [7, 11) is 0. The topological polar surface area (TPSA) is 73.8 Å². The van der Waals surface area contributed by atoms with Gasteiger partial charge in [0.2, 0.25) is 5.17 Å². The summed E-state index contributed by atoms with van der Waals surface area (Å²) in [5, 5.41) is 15.3. The van der Waals surface area contributed by atoms with Crippen molar-refractivity contribution in [2.45, 2.75) is 34.1 Å². The Hall–Kier alpha value is -2.93. The number of carbonyl (C=O) groups excluding carboxylic acids is 1. The number of aryl methyl sites for hydroxylation is 2. The SMILES string of the molecule is CCc1ccc(-n2c(C)cc(/C=C3\C(=N)N4N=C(C)SC4=NC3=O)c2C)cc1. The number of amidine groups is 2. The van der Waals surface area contributed by atoms with Gasteiger partial charge >= 0.3 is 0 Å². The second-order valence-electron chi connectivity index (χ2n) is 6.82. The molecule has 4 rings (SSSR count). The molecule has 0 saturated carbocycles. The molecule has 1 amide bonds. The zero-order chi connectivity index (χ0) is 20.0. The van der Waals surface area contributed by atoms with Crippen LogP contribution in [0.1, 0.15) is 36.4 Å². The number of thioether (sulfide) groups is 1. The van der Waals surface area contributed by atoms with E-state index in [4.69, 9.17) is 5.41 Å². The van der Waals surface area contributed by atoms with Gasteiger partial charge in [-0.2, -0.15) is 15.1 Å². The van der Waals surface area contributed by atoms with Gasteiger partial charge in [0.15, 0.2) is 5.84 Å². The van der Waals surface area contributed by atoms with Crippen molar-refractivity contribution in [3.05, 3.63) is 58.4 Å². The van der Waals surface area contributed by atoms with Gasteiger partial charge in [-0.1, -0.05) is 19.1 Å². The Morgan fingerprint density at radius 1 is 1.18 bits per heavy atom. The minimum atomic E-state index is -0.397. The van der Waals surface area contributed by atoms with Crippen LogP contribution in [0.15, 0.2) is 46.0 Å². The number of aromatic nitrogens is 1. The second kappa shape index (κ2) is 6.91. The number of carbonyl (C=O) groups is 1. The van der Waals surface area contributed by atoms with Gasteiger partial charge in [0.05, 0.1) is 10.6 Å². The zero-order valence-electron chi connectivity index (χ0n) is 16.3. The predicted molar refractivity (Wildman–Crippen MR) is 115 cm³/mol. The van der Waals surface area contributed by atoms with Crippen molar-refractivity contribution in [3.8, 4) is 5.69 Å². The first kappa shape index (κ1) is 18.4. The predicted octanol–water partition coefficient (Wildman–Crippen LogP) is 4.30. The molecule has 0 atom stereocenters. The highest BCUT2D eigenvalue weighted by Gasteiger charge is 2.34. The number of benzene rings is 1. The van der Waals surface area contributed by atoms with Gasteiger partial charge in [-0.3, -0.25) is 10.2 Å². The van der Waals surface area contributed by atoms with E-state index in [1.165, 1.54) is 22.3 Å². The molecule has 0 saturated heterocycles. The van der Waals surface area contributed by atoms with Crippen LogP contribution in [0.25, 0.3) is 11.8 Å². The number of amides is 1. The van der Waals surface area contributed by atoms with Crippen LogP contribution in [0.2, 0.25) is 0 Å². The van der Waals surface area contributed by atoms with Gasteiger partial charge in [0.1, 0.15) is 0 Å². The fourth-order valence-corrected chi connectivity index (χ4v) is 4.19. The highest BCUT2D eigenvalue weighted by molar-refractivity contribution is 8.26. The number of nitrogens with zero attached hydrogens (tertiary/aromatic N) is 4. The van der Waals surface area contributed by atoms with E-state index in [0.717, 1.165) is 34.1 Å². The average molecular weight is 392 g/mol. The molecule has 1 aromatic carbocycles. The van der Waals surface area contributed by atoms with Crippen LogP contribution in [-0.2, 0) is 11.2 Å². The molecule has 3 heterocycles. The molecule has 142 valence electrons. The summed E-state index contributed by atoms with van der Waals surface area (Å²) in [6, 6.07) is 10.5. The molecule has 0 fully saturated rings. The number of fused-ring (bicyclic) bond motifs is 1. The standard InChI is InChI=1S/C21H21N5OS/c1-5-15-6-8-17(9-7-15)25-12(2)10-16(13(25)3)11-18-19(22)26-21(23-20(18)27)28-14(4)24-26/h6-11,22H,5H2,1-4H3/b18-11+,22-19?. The molecule has 0 radical (unpaired) electrons. The lowest BCUT2D eigenvalue weighted by Gasteiger charge is -2.20. The average Bonchev–Trinajstić information content (AvgIpc) is 3.17. The van der Waals surface area contributed by atoms with Gasteiger partial charge in [-0.15, -0.1) is 0 Å². The Balaban J connectivity index is 1.74. The zero-order valence-corrected chi connectivity index (χ0v) is 17.1. The second-order valence-corrected chi connectivity index (χ2v) is 7.98. The van der Waals surface area contributed by atoms with Crippen LogP contribution in [0.4, 0.5) is 0 Å². The Bertz CT molecular complexity index is 1090. The molecule has 2 aliphatic heterocycles. The lowest BCUT2D eigenvalue weighted by atomic mass is 10.1. The molecular formula is C21H21N5OS. The van der Waals surface area contributed by atoms with Gasteiger partial charge in [-0.05, 0) is 74.4 Å². The molecule has 1 aromatic heterocycles. The van der Waals surface area contributed by atoms with Gasteiger partial charge in [0.25, 0.3) is 5.91 Å². The maximum atomic E-state index is 12.5. The number of aliphatic imine (C=N–C) groups is 1. The highest BCUT2D eigenvalue weighted by atomic mass is 32.2. The number of hydrogen-bond donors (Lipinski definition) is 1. The lowest BCUT2D eigenvalue weighted by Crippen LogP contribution is -2.35. The Morgan fingerprint density at radius 2 is 1.89 bits per heavy atom. The summed E-state index contributed by atoms with van der Waals surface area (Å²) < 4.78 is 2.16. The van der Waals surface area contributed by atoms with Gasteiger partial charge in [0, 0.05) is 17.1 Å². The summed E-state index contributed by atoms with van der Waals surface area (Å²) in [4.78, 5) is 16.6. The number of hydrogen-bond acceptors (Lipinski definition) is 4. The quantitative estimate of drug-likeness (QED) is 0.793. The molecule has 0 unspecified atom stereocenters. The summed E-state index contributed by atoms with van der Waals surface area (Å²) in [5.74, 6) is -0.331. The van der Waals surface area contributed by atoms with E-state index in [0.29, 0.717) is 5.17 Å². The van der Waals surface area contributed by atoms with Crippen LogP contribution in [0.3, 0.4) is 0 Å². The number of hydrazone groups is 1. The van der Waals surface area contributed by atoms with E-state index in [1.54, 1.807) is 6.08 Å². The van der Waals surface area contributed by atoms with Crippen LogP contribution in [0.5, 0.6) is 0 Å². The van der Waals surface area contributed by atoms with E-state index in [9.17, 15) is 4.79 Å². The van der Waals surface area contributed by atoms with E-state index in [1.807, 2.05) is 26.8 Å². The minimum Gasteiger partial charge on any atom is -0.318 e. The van der Waals surface area contributed by atoms with Crippen molar-refractivity contribution in [1.29, 1.82) is 5.41 Å². The Kier molecular flexibility index (Phi) is 4.55. The van der Waals surface area contributed by atoms with E-state index in [2.05, 4.69) is 45.9 Å². The van der Waals surface area contributed by atoms with Crippen molar-refractivity contribution < 1.29 is 4.79 Å². The van der Waals surface area contributed by atoms with Crippen LogP contribution < -0.4 is 0 Å². The lowest BCUT2D eigenvalue weighted by molar-refractivity contribution is -0.114. The summed E-state index contributed by atoms with van der Waals surface area (Å²) >= 11 is 1.31. The van der Waals surface area contributed by atoms with Crippen molar-refractivity contribution in [2.24, 2.45) is 10.1 Å². The molecule has 1 N–H and O–H groups in total. The number of nitrogens with one attached hydrogen (secondary N) is 1. The number of rotatable bonds is 3. The summed E-state index contributed by atoms with van der Waals surface area (Å²) in [6.07, 6.45) is 2.75. The van der Waals surface area contributed by atoms with Crippen molar-refractivity contribution >= 4 is 39.8 Å². The molecule has 6 nitrogen and oxygen atoms in total. The molecule has 28 heavy (non-hydrogen) atoms. The third-order valence-electron chi connectivity index (χ3n) is 4.93. The monoisotopic (exact) mass is 391 g/mol. The normalized spacial score (nSPS) is 17.9. The van der Waals surface area contributed by atoms with E-state index in [-0.39, 0.29) is 11.4 Å². The molecule has 0 aliphatic carbocycles.